The van der Waals surface area contributed by atoms with E-state index in [1.165, 1.54) is 0 Å². The van der Waals surface area contributed by atoms with Crippen LogP contribution in [0.15, 0.2) is 24.3 Å². The van der Waals surface area contributed by atoms with Gasteiger partial charge in [-0.2, -0.15) is 5.10 Å². The van der Waals surface area contributed by atoms with Crippen LogP contribution in [0.25, 0.3) is 0 Å². The Labute approximate surface area is 125 Å². The first-order valence-electron chi connectivity index (χ1n) is 7.14. The molecule has 0 spiro atoms. The third-order valence-corrected chi connectivity index (χ3v) is 3.41. The number of hydrogen-bond acceptors (Lipinski definition) is 4. The number of ether oxygens (including phenoxy) is 2. The van der Waals surface area contributed by atoms with Crippen LogP contribution >= 0.6 is 0 Å². The van der Waals surface area contributed by atoms with Gasteiger partial charge in [0.15, 0.2) is 0 Å². The van der Waals surface area contributed by atoms with Gasteiger partial charge in [0, 0.05) is 25.2 Å². The van der Waals surface area contributed by atoms with E-state index < -0.39 is 0 Å². The van der Waals surface area contributed by atoms with Gasteiger partial charge in [-0.1, -0.05) is 13.0 Å². The molecule has 21 heavy (non-hydrogen) atoms. The predicted molar refractivity (Wildman–Crippen MR) is 82.7 cm³/mol. The Kier molecular flexibility index (Phi) is 5.22. The van der Waals surface area contributed by atoms with Crippen molar-refractivity contribution in [3.8, 4) is 11.5 Å². The second kappa shape index (κ2) is 7.13. The summed E-state index contributed by atoms with van der Waals surface area (Å²) in [7, 11) is 5.52. The highest BCUT2D eigenvalue weighted by molar-refractivity contribution is 5.40. The summed E-state index contributed by atoms with van der Waals surface area (Å²) >= 11 is 0. The maximum Gasteiger partial charge on any atom is 0.130 e. The SMILES string of the molecule is CCc1cc(COc2cc(OC)ccc2CNC)n(C)n1. The van der Waals surface area contributed by atoms with Gasteiger partial charge in [0.05, 0.1) is 18.5 Å². The molecule has 0 saturated carbocycles. The van der Waals surface area contributed by atoms with Crippen molar-refractivity contribution in [3.63, 3.8) is 0 Å². The van der Waals surface area contributed by atoms with Crippen LogP contribution in [-0.2, 0) is 26.6 Å². The molecule has 5 heteroatoms. The Morgan fingerprint density at radius 1 is 1.29 bits per heavy atom. The Balaban J connectivity index is 2.15. The maximum absolute atomic E-state index is 5.98. The largest absolute Gasteiger partial charge is 0.497 e. The van der Waals surface area contributed by atoms with Crippen LogP contribution in [0, 0.1) is 0 Å². The van der Waals surface area contributed by atoms with Crippen molar-refractivity contribution in [1.29, 1.82) is 0 Å². The maximum atomic E-state index is 5.98. The quantitative estimate of drug-likeness (QED) is 0.849. The topological polar surface area (TPSA) is 48.3 Å². The third-order valence-electron chi connectivity index (χ3n) is 3.41. The molecular weight excluding hydrogens is 266 g/mol. The van der Waals surface area contributed by atoms with Crippen LogP contribution in [0.4, 0.5) is 0 Å². The van der Waals surface area contributed by atoms with Crippen LogP contribution in [0.1, 0.15) is 23.9 Å². The molecule has 1 N–H and O–H groups in total. The van der Waals surface area contributed by atoms with E-state index in [1.54, 1.807) is 7.11 Å². The van der Waals surface area contributed by atoms with Gasteiger partial charge in [0.1, 0.15) is 18.1 Å². The Morgan fingerprint density at radius 3 is 2.71 bits per heavy atom. The fourth-order valence-corrected chi connectivity index (χ4v) is 2.16. The van der Waals surface area contributed by atoms with Gasteiger partial charge in [-0.25, -0.2) is 0 Å². The van der Waals surface area contributed by atoms with E-state index in [0.29, 0.717) is 6.61 Å². The number of benzene rings is 1. The van der Waals surface area contributed by atoms with Crippen molar-refractivity contribution in [1.82, 2.24) is 15.1 Å². The van der Waals surface area contributed by atoms with Crippen LogP contribution in [0.5, 0.6) is 11.5 Å². The van der Waals surface area contributed by atoms with Gasteiger partial charge >= 0.3 is 0 Å². The van der Waals surface area contributed by atoms with E-state index in [1.807, 2.05) is 37.0 Å². The highest BCUT2D eigenvalue weighted by atomic mass is 16.5. The number of rotatable bonds is 7. The fourth-order valence-electron chi connectivity index (χ4n) is 2.16. The number of aromatic nitrogens is 2. The molecule has 0 radical (unpaired) electrons. The van der Waals surface area contributed by atoms with E-state index in [2.05, 4.69) is 23.4 Å². The number of hydrogen-bond donors (Lipinski definition) is 1. The van der Waals surface area contributed by atoms with Crippen LogP contribution in [0.3, 0.4) is 0 Å². The third kappa shape index (κ3) is 3.76. The summed E-state index contributed by atoms with van der Waals surface area (Å²) in [5.41, 5.74) is 3.25. The lowest BCUT2D eigenvalue weighted by Gasteiger charge is -2.13. The first-order valence-corrected chi connectivity index (χ1v) is 7.14. The second-order valence-electron chi connectivity index (χ2n) is 4.90. The molecule has 0 aliphatic carbocycles. The standard InChI is InChI=1S/C16H23N3O2/c1-5-13-8-14(19(3)18-13)11-21-16-9-15(20-4)7-6-12(16)10-17-2/h6-9,17H,5,10-11H2,1-4H3. The molecule has 0 aliphatic heterocycles. The lowest BCUT2D eigenvalue weighted by molar-refractivity contribution is 0.289. The molecule has 2 rings (SSSR count). The van der Waals surface area contributed by atoms with Gasteiger partial charge in [-0.05, 0) is 25.6 Å². The van der Waals surface area contributed by atoms with Gasteiger partial charge in [0.25, 0.3) is 0 Å². The summed E-state index contributed by atoms with van der Waals surface area (Å²) in [6, 6.07) is 7.96. The Bertz CT molecular complexity index is 593. The summed E-state index contributed by atoms with van der Waals surface area (Å²) in [5.74, 6) is 1.63. The molecule has 0 aliphatic rings. The normalized spacial score (nSPS) is 10.7. The molecule has 114 valence electrons. The molecule has 1 aromatic carbocycles. The summed E-state index contributed by atoms with van der Waals surface area (Å²) < 4.78 is 13.1. The molecule has 0 saturated heterocycles. The van der Waals surface area contributed by atoms with Gasteiger partial charge in [-0.15, -0.1) is 0 Å². The van der Waals surface area contributed by atoms with Crippen molar-refractivity contribution in [3.05, 3.63) is 41.2 Å². The molecule has 0 bridgehead atoms. The molecule has 5 nitrogen and oxygen atoms in total. The van der Waals surface area contributed by atoms with Crippen LogP contribution in [0.2, 0.25) is 0 Å². The number of aryl methyl sites for hydroxylation is 2. The minimum Gasteiger partial charge on any atom is -0.497 e. The van der Waals surface area contributed by atoms with Crippen LogP contribution < -0.4 is 14.8 Å². The van der Waals surface area contributed by atoms with E-state index in [9.17, 15) is 0 Å². The zero-order valence-corrected chi connectivity index (χ0v) is 13.1. The zero-order valence-electron chi connectivity index (χ0n) is 13.1. The molecule has 0 unspecified atom stereocenters. The molecule has 0 amide bonds. The second-order valence-corrected chi connectivity index (χ2v) is 4.90. The molecule has 2 aromatic rings. The Morgan fingerprint density at radius 2 is 2.10 bits per heavy atom. The van der Waals surface area contributed by atoms with Crippen molar-refractivity contribution < 1.29 is 9.47 Å². The first kappa shape index (κ1) is 15.4. The smallest absolute Gasteiger partial charge is 0.130 e. The summed E-state index contributed by atoms with van der Waals surface area (Å²) in [4.78, 5) is 0. The van der Waals surface area contributed by atoms with E-state index in [-0.39, 0.29) is 0 Å². The van der Waals surface area contributed by atoms with Crippen molar-refractivity contribution in [2.75, 3.05) is 14.2 Å². The first-order chi connectivity index (χ1) is 10.2. The van der Waals surface area contributed by atoms with Crippen molar-refractivity contribution in [2.45, 2.75) is 26.5 Å². The average Bonchev–Trinajstić information content (AvgIpc) is 2.87. The van der Waals surface area contributed by atoms with Gasteiger partial charge in [-0.3, -0.25) is 4.68 Å². The lowest BCUT2D eigenvalue weighted by atomic mass is 10.2. The molecule has 0 fully saturated rings. The van der Waals surface area contributed by atoms with Crippen molar-refractivity contribution >= 4 is 0 Å². The molecule has 1 aromatic heterocycles. The monoisotopic (exact) mass is 289 g/mol. The molecular formula is C16H23N3O2. The average molecular weight is 289 g/mol. The fraction of sp³-hybridized carbons (Fsp3) is 0.438. The van der Waals surface area contributed by atoms with Gasteiger partial charge < -0.3 is 14.8 Å². The minimum atomic E-state index is 0.493. The summed E-state index contributed by atoms with van der Waals surface area (Å²) in [6.07, 6.45) is 0.929. The van der Waals surface area contributed by atoms with Gasteiger partial charge in [0.2, 0.25) is 0 Å². The lowest BCUT2D eigenvalue weighted by Crippen LogP contribution is -2.09. The van der Waals surface area contributed by atoms with E-state index in [4.69, 9.17) is 9.47 Å². The summed E-state index contributed by atoms with van der Waals surface area (Å²) in [6.45, 7) is 3.35. The highest BCUT2D eigenvalue weighted by Crippen LogP contribution is 2.25. The number of nitrogens with zero attached hydrogens (tertiary/aromatic N) is 2. The number of nitrogens with one attached hydrogen (secondary N) is 1. The highest BCUT2D eigenvalue weighted by Gasteiger charge is 2.08. The minimum absolute atomic E-state index is 0.493. The molecule has 1 heterocycles. The van der Waals surface area contributed by atoms with Crippen molar-refractivity contribution in [2.24, 2.45) is 7.05 Å². The van der Waals surface area contributed by atoms with E-state index in [0.717, 1.165) is 41.4 Å². The number of methoxy groups -OCH3 is 1. The Hall–Kier alpha value is -2.01. The zero-order chi connectivity index (χ0) is 15.2. The van der Waals surface area contributed by atoms with E-state index >= 15 is 0 Å². The summed E-state index contributed by atoms with van der Waals surface area (Å²) in [5, 5.41) is 7.58. The predicted octanol–water partition coefficient (Wildman–Crippen LogP) is 2.29. The van der Waals surface area contributed by atoms with Crippen LogP contribution in [-0.4, -0.2) is 23.9 Å². The molecule has 0 atom stereocenters.